The highest BCUT2D eigenvalue weighted by molar-refractivity contribution is 7.84. The van der Waals surface area contributed by atoms with Gasteiger partial charge in [0.25, 0.3) is 0 Å². The Hall–Kier alpha value is -0.420. The minimum Gasteiger partial charge on any atom is -0.354 e. The zero-order chi connectivity index (χ0) is 11.7. The Labute approximate surface area is 94.7 Å². The van der Waals surface area contributed by atoms with Crippen LogP contribution in [0.2, 0.25) is 0 Å². The summed E-state index contributed by atoms with van der Waals surface area (Å²) in [6.45, 7) is 6.83. The van der Waals surface area contributed by atoms with Gasteiger partial charge >= 0.3 is 0 Å². The van der Waals surface area contributed by atoms with E-state index in [1.54, 1.807) is 0 Å². The average Bonchev–Trinajstić information content (AvgIpc) is 2.25. The molecule has 0 saturated heterocycles. The van der Waals surface area contributed by atoms with E-state index in [1.807, 2.05) is 13.8 Å². The Bertz CT molecular complexity index is 210. The largest absolute Gasteiger partial charge is 0.354 e. The third-order valence-corrected chi connectivity index (χ3v) is 3.50. The monoisotopic (exact) mass is 234 g/mol. The third-order valence-electron chi connectivity index (χ3n) is 2.20. The maximum absolute atomic E-state index is 11.3. The van der Waals surface area contributed by atoms with Crippen molar-refractivity contribution in [3.63, 3.8) is 0 Å². The van der Waals surface area contributed by atoms with Crippen molar-refractivity contribution in [1.29, 1.82) is 0 Å². The second kappa shape index (κ2) is 8.85. The standard InChI is InChI=1S/C10H22N2O2S/c1-4-9(3)12-8-10(13)11-6-7-15(14)5-2/h9,12H,4-8H2,1-3H3,(H,11,13). The molecule has 0 aromatic carbocycles. The topological polar surface area (TPSA) is 58.2 Å². The van der Waals surface area contributed by atoms with Crippen LogP contribution in [-0.4, -0.2) is 40.8 Å². The maximum atomic E-state index is 11.3. The Morgan fingerprint density at radius 1 is 1.40 bits per heavy atom. The number of hydrogen-bond acceptors (Lipinski definition) is 3. The third kappa shape index (κ3) is 8.57. The van der Waals surface area contributed by atoms with Gasteiger partial charge in [0.1, 0.15) is 0 Å². The molecule has 0 heterocycles. The van der Waals surface area contributed by atoms with E-state index in [0.717, 1.165) is 6.42 Å². The quantitative estimate of drug-likeness (QED) is 0.633. The van der Waals surface area contributed by atoms with Gasteiger partial charge in [0.15, 0.2) is 0 Å². The lowest BCUT2D eigenvalue weighted by atomic mass is 10.2. The first-order valence-corrected chi connectivity index (χ1v) is 6.94. The summed E-state index contributed by atoms with van der Waals surface area (Å²) < 4.78 is 11.0. The molecule has 5 heteroatoms. The van der Waals surface area contributed by atoms with Crippen molar-refractivity contribution < 1.29 is 9.00 Å². The van der Waals surface area contributed by atoms with Crippen LogP contribution in [0.25, 0.3) is 0 Å². The highest BCUT2D eigenvalue weighted by Crippen LogP contribution is 1.85. The lowest BCUT2D eigenvalue weighted by Gasteiger charge is -2.10. The summed E-state index contributed by atoms with van der Waals surface area (Å²) in [6.07, 6.45) is 1.01. The number of carbonyl (C=O) groups excluding carboxylic acids is 1. The van der Waals surface area contributed by atoms with Gasteiger partial charge in [0.2, 0.25) is 5.91 Å². The molecule has 1 amide bonds. The number of rotatable bonds is 8. The predicted octanol–water partition coefficient (Wildman–Crippen LogP) is 0.259. The molecule has 15 heavy (non-hydrogen) atoms. The van der Waals surface area contributed by atoms with Gasteiger partial charge in [0, 0.05) is 34.9 Å². The maximum Gasteiger partial charge on any atom is 0.233 e. The molecule has 0 saturated carbocycles. The number of amides is 1. The SMILES string of the molecule is CCC(C)NCC(=O)NCCS(=O)CC. The van der Waals surface area contributed by atoms with E-state index in [4.69, 9.17) is 0 Å². The molecule has 0 rings (SSSR count). The first-order chi connectivity index (χ1) is 7.10. The molecular formula is C10H22N2O2S. The summed E-state index contributed by atoms with van der Waals surface area (Å²) in [4.78, 5) is 11.3. The van der Waals surface area contributed by atoms with E-state index in [-0.39, 0.29) is 5.91 Å². The van der Waals surface area contributed by atoms with Crippen LogP contribution in [0.5, 0.6) is 0 Å². The normalized spacial score (nSPS) is 14.6. The van der Waals surface area contributed by atoms with E-state index in [1.165, 1.54) is 0 Å². The summed E-state index contributed by atoms with van der Waals surface area (Å²) in [5.41, 5.74) is 0. The van der Waals surface area contributed by atoms with Crippen LogP contribution in [0.15, 0.2) is 0 Å². The fourth-order valence-electron chi connectivity index (χ4n) is 0.922. The van der Waals surface area contributed by atoms with E-state index in [9.17, 15) is 9.00 Å². The van der Waals surface area contributed by atoms with Crippen LogP contribution in [-0.2, 0) is 15.6 Å². The smallest absolute Gasteiger partial charge is 0.233 e. The van der Waals surface area contributed by atoms with Gasteiger partial charge in [0.05, 0.1) is 6.54 Å². The lowest BCUT2D eigenvalue weighted by molar-refractivity contribution is -0.120. The minimum atomic E-state index is -0.793. The number of hydrogen-bond donors (Lipinski definition) is 2. The van der Waals surface area contributed by atoms with Gasteiger partial charge in [-0.25, -0.2) is 0 Å². The minimum absolute atomic E-state index is 0.0246. The van der Waals surface area contributed by atoms with Crippen molar-refractivity contribution in [2.24, 2.45) is 0 Å². The zero-order valence-corrected chi connectivity index (χ0v) is 10.7. The Balaban J connectivity index is 3.45. The Morgan fingerprint density at radius 3 is 2.60 bits per heavy atom. The molecule has 2 N–H and O–H groups in total. The van der Waals surface area contributed by atoms with Gasteiger partial charge in [-0.3, -0.25) is 9.00 Å². The molecule has 0 spiro atoms. The van der Waals surface area contributed by atoms with Gasteiger partial charge in [-0.2, -0.15) is 0 Å². The zero-order valence-electron chi connectivity index (χ0n) is 9.84. The van der Waals surface area contributed by atoms with E-state index < -0.39 is 10.8 Å². The second-order valence-corrected chi connectivity index (χ2v) is 5.34. The van der Waals surface area contributed by atoms with Crippen molar-refractivity contribution in [3.05, 3.63) is 0 Å². The van der Waals surface area contributed by atoms with Gasteiger partial charge in [-0.15, -0.1) is 0 Å². The molecule has 4 nitrogen and oxygen atoms in total. The molecule has 0 aliphatic rings. The Morgan fingerprint density at radius 2 is 2.07 bits per heavy atom. The molecule has 0 aliphatic heterocycles. The lowest BCUT2D eigenvalue weighted by Crippen LogP contribution is -2.39. The van der Waals surface area contributed by atoms with E-state index in [0.29, 0.717) is 30.6 Å². The summed E-state index contributed by atoms with van der Waals surface area (Å²) in [7, 11) is -0.793. The van der Waals surface area contributed by atoms with Crippen LogP contribution in [0.1, 0.15) is 27.2 Å². The van der Waals surface area contributed by atoms with Crippen molar-refractivity contribution in [3.8, 4) is 0 Å². The molecule has 0 aromatic heterocycles. The molecule has 0 bridgehead atoms. The predicted molar refractivity (Wildman–Crippen MR) is 64.3 cm³/mol. The Kier molecular flexibility index (Phi) is 8.61. The summed E-state index contributed by atoms with van der Waals surface area (Å²) >= 11 is 0. The van der Waals surface area contributed by atoms with E-state index >= 15 is 0 Å². The van der Waals surface area contributed by atoms with Crippen LogP contribution < -0.4 is 10.6 Å². The van der Waals surface area contributed by atoms with Crippen LogP contribution in [0, 0.1) is 0 Å². The van der Waals surface area contributed by atoms with Gasteiger partial charge < -0.3 is 10.6 Å². The molecule has 0 aromatic rings. The van der Waals surface area contributed by atoms with Gasteiger partial charge in [-0.05, 0) is 13.3 Å². The molecule has 90 valence electrons. The molecule has 2 atom stereocenters. The highest BCUT2D eigenvalue weighted by Gasteiger charge is 2.03. The molecule has 2 unspecified atom stereocenters. The average molecular weight is 234 g/mol. The first kappa shape index (κ1) is 14.6. The summed E-state index contributed by atoms with van der Waals surface area (Å²) in [6, 6.07) is 0.362. The highest BCUT2D eigenvalue weighted by atomic mass is 32.2. The number of nitrogens with one attached hydrogen (secondary N) is 2. The molecule has 0 fully saturated rings. The number of carbonyl (C=O) groups is 1. The van der Waals surface area contributed by atoms with Crippen molar-refractivity contribution in [2.75, 3.05) is 24.6 Å². The second-order valence-electron chi connectivity index (χ2n) is 3.47. The van der Waals surface area contributed by atoms with Gasteiger partial charge in [-0.1, -0.05) is 13.8 Å². The molecular weight excluding hydrogens is 212 g/mol. The summed E-state index contributed by atoms with van der Waals surface area (Å²) in [5, 5.41) is 5.83. The van der Waals surface area contributed by atoms with Crippen LogP contribution >= 0.6 is 0 Å². The van der Waals surface area contributed by atoms with Crippen LogP contribution in [0.3, 0.4) is 0 Å². The summed E-state index contributed by atoms with van der Waals surface area (Å²) in [5.74, 6) is 1.18. The van der Waals surface area contributed by atoms with Crippen molar-refractivity contribution in [2.45, 2.75) is 33.2 Å². The van der Waals surface area contributed by atoms with Crippen molar-refractivity contribution >= 4 is 16.7 Å². The molecule has 0 radical (unpaired) electrons. The van der Waals surface area contributed by atoms with E-state index in [2.05, 4.69) is 17.6 Å². The molecule has 0 aliphatic carbocycles. The first-order valence-electron chi connectivity index (χ1n) is 5.45. The van der Waals surface area contributed by atoms with Crippen molar-refractivity contribution in [1.82, 2.24) is 10.6 Å². The fourth-order valence-corrected chi connectivity index (χ4v) is 1.54. The fraction of sp³-hybridized carbons (Fsp3) is 0.900. The van der Waals surface area contributed by atoms with Crippen LogP contribution in [0.4, 0.5) is 0 Å².